The average Bonchev–Trinajstić information content (AvgIpc) is 4.22. The number of fused-ring (bicyclic) bond motifs is 2. The molecule has 5 N–H and O–H groups in total. The van der Waals surface area contributed by atoms with E-state index in [0.717, 1.165) is 93.2 Å². The van der Waals surface area contributed by atoms with E-state index in [2.05, 4.69) is 57.5 Å². The molecule has 5 aliphatic rings. The predicted molar refractivity (Wildman–Crippen MR) is 288 cm³/mol. The molecular weight excluding hydrogens is 981 g/mol. The van der Waals surface area contributed by atoms with Gasteiger partial charge < -0.3 is 59.3 Å². The van der Waals surface area contributed by atoms with Crippen LogP contribution in [0.1, 0.15) is 94.8 Å². The Balaban J connectivity index is 0.601. The number of ether oxygens (including phenoxy) is 3. The summed E-state index contributed by atoms with van der Waals surface area (Å²) in [6.45, 7) is 12.2. The summed E-state index contributed by atoms with van der Waals surface area (Å²) in [5.41, 5.74) is 11.4. The van der Waals surface area contributed by atoms with Crippen LogP contribution in [0.4, 0.5) is 17.2 Å². The van der Waals surface area contributed by atoms with Gasteiger partial charge in [-0.15, -0.1) is 10.2 Å². The van der Waals surface area contributed by atoms with Crippen LogP contribution in [-0.4, -0.2) is 150 Å². The number of aliphatic hydroxyl groups is 1. The van der Waals surface area contributed by atoms with Crippen LogP contribution in [0.5, 0.6) is 17.5 Å². The molecule has 6 atom stereocenters. The molecule has 2 aromatic carbocycles. The number of carbonyl (C=O) groups is 2. The number of aryl methyl sites for hydroxylation is 1. The van der Waals surface area contributed by atoms with Gasteiger partial charge in [0.15, 0.2) is 11.6 Å². The molecule has 2 unspecified atom stereocenters. The Kier molecular flexibility index (Phi) is 15.0. The van der Waals surface area contributed by atoms with E-state index in [4.69, 9.17) is 24.5 Å². The fraction of sp³-hybridized carbons (Fsp3) is 0.491. The fourth-order valence-electron chi connectivity index (χ4n) is 12.0. The van der Waals surface area contributed by atoms with Gasteiger partial charge in [-0.05, 0) is 92.6 Å². The summed E-state index contributed by atoms with van der Waals surface area (Å²) < 4.78 is 26.7. The highest BCUT2D eigenvalue weighted by atomic mass is 16.5. The highest BCUT2D eigenvalue weighted by Crippen LogP contribution is 2.41. The van der Waals surface area contributed by atoms with Crippen molar-refractivity contribution in [2.45, 2.75) is 127 Å². The van der Waals surface area contributed by atoms with Gasteiger partial charge in [-0.25, -0.2) is 9.97 Å². The number of amides is 2. The standard InChI is InChI=1S/C57H70N12O8/c1-34(2)54(57(73)68-33-42(70)26-49(68)56(72)61-35(3)37-9-11-38(12-10-37)67-22-19-59-36(67)4)51-30-53(64-77-51)74-24-23-65-20-16-43(17-21-65)75-44-27-45(28-44)76-52-25-39(15-18-60-52)69-40-13-14-41(69)32-66(31-40)48-29-47(62-63-55(48)58)46-7-5-6-8-50(46)71/h5-12,15,18-19,22,25,29-30,34-35,40-45,49,54,70-71H,13-14,16-17,20-21,23-24,26-28,31-33H2,1-4H3,(H2,58,63)(H,61,72)/t35-,40?,41?,42+,44?,45?,49-,54+/m0/s1. The number of hydrogen-bond donors (Lipinski definition) is 4. The maximum absolute atomic E-state index is 14.2. The molecule has 4 aromatic heterocycles. The first-order valence-corrected chi connectivity index (χ1v) is 27.3. The van der Waals surface area contributed by atoms with Crippen molar-refractivity contribution < 1.29 is 38.5 Å². The number of piperidine rings is 1. The van der Waals surface area contributed by atoms with Crippen molar-refractivity contribution in [3.8, 4) is 34.5 Å². The molecule has 0 spiro atoms. The van der Waals surface area contributed by atoms with Crippen molar-refractivity contribution in [2.24, 2.45) is 5.92 Å². The van der Waals surface area contributed by atoms with E-state index >= 15 is 0 Å². The number of imidazole rings is 1. The summed E-state index contributed by atoms with van der Waals surface area (Å²) in [6.07, 6.45) is 10.9. The lowest BCUT2D eigenvalue weighted by Gasteiger charge is -2.43. The molecule has 406 valence electrons. The third kappa shape index (κ3) is 11.3. The number of phenols is 1. The van der Waals surface area contributed by atoms with Crippen molar-refractivity contribution in [3.05, 3.63) is 109 Å². The number of nitrogens with one attached hydrogen (secondary N) is 1. The van der Waals surface area contributed by atoms with Gasteiger partial charge in [0.1, 0.15) is 36.2 Å². The smallest absolute Gasteiger partial charge is 0.254 e. The Morgan fingerprint density at radius 1 is 0.844 bits per heavy atom. The Bertz CT molecular complexity index is 3000. The van der Waals surface area contributed by atoms with E-state index in [-0.39, 0.29) is 72.9 Å². The summed E-state index contributed by atoms with van der Waals surface area (Å²) >= 11 is 0. The third-order valence-corrected chi connectivity index (χ3v) is 16.2. The van der Waals surface area contributed by atoms with Crippen LogP contribution in [0.15, 0.2) is 95.9 Å². The molecule has 20 nitrogen and oxygen atoms in total. The topological polar surface area (TPSA) is 236 Å². The summed E-state index contributed by atoms with van der Waals surface area (Å²) in [7, 11) is 0. The molecule has 11 rings (SSSR count). The minimum Gasteiger partial charge on any atom is -0.507 e. The minimum atomic E-state index is -0.835. The zero-order chi connectivity index (χ0) is 53.3. The highest BCUT2D eigenvalue weighted by molar-refractivity contribution is 5.91. The van der Waals surface area contributed by atoms with Crippen LogP contribution in [0, 0.1) is 12.8 Å². The molecule has 0 radical (unpaired) electrons. The number of rotatable bonds is 18. The van der Waals surface area contributed by atoms with Crippen molar-refractivity contribution in [1.29, 1.82) is 0 Å². The Hall–Kier alpha value is -7.29. The van der Waals surface area contributed by atoms with Gasteiger partial charge in [-0.3, -0.25) is 14.5 Å². The lowest BCUT2D eigenvalue weighted by molar-refractivity contribution is -0.141. The number of nitrogens with zero attached hydrogens (tertiary/aromatic N) is 10. The number of β-amino-alcohol motifs (C(OH)–C–C–N with tert-alkyl or cyclic N) is 1. The van der Waals surface area contributed by atoms with Crippen LogP contribution in [-0.2, 0) is 14.3 Å². The van der Waals surface area contributed by atoms with Gasteiger partial charge in [0.2, 0.25) is 17.7 Å². The van der Waals surface area contributed by atoms with Crippen molar-refractivity contribution >= 4 is 29.0 Å². The van der Waals surface area contributed by atoms with Gasteiger partial charge >= 0.3 is 0 Å². The van der Waals surface area contributed by atoms with Crippen LogP contribution < -0.4 is 30.3 Å². The molecule has 2 bridgehead atoms. The Labute approximate surface area is 448 Å². The number of likely N-dealkylation sites (tertiary alicyclic amines) is 2. The average molecular weight is 1050 g/mol. The first-order chi connectivity index (χ1) is 37.3. The summed E-state index contributed by atoms with van der Waals surface area (Å²) in [5.74, 6) is 1.19. The van der Waals surface area contributed by atoms with E-state index in [1.807, 2.05) is 87.1 Å². The maximum atomic E-state index is 14.2. The lowest BCUT2D eigenvalue weighted by Crippen LogP contribution is -2.54. The minimum absolute atomic E-state index is 0.0489. The number of para-hydroxylation sites is 1. The van der Waals surface area contributed by atoms with Crippen LogP contribution in [0.2, 0.25) is 0 Å². The third-order valence-electron chi connectivity index (χ3n) is 16.2. The Morgan fingerprint density at radius 3 is 2.34 bits per heavy atom. The first kappa shape index (κ1) is 51.8. The number of nitrogen functional groups attached to an aromatic ring is 1. The second-order valence-electron chi connectivity index (χ2n) is 21.8. The van der Waals surface area contributed by atoms with E-state index in [9.17, 15) is 19.8 Å². The molecular formula is C57H70N12O8. The van der Waals surface area contributed by atoms with Crippen LogP contribution >= 0.6 is 0 Å². The second kappa shape index (κ2) is 22.4. The number of aliphatic hydroxyl groups excluding tert-OH is 1. The van der Waals surface area contributed by atoms with E-state index in [0.29, 0.717) is 47.7 Å². The van der Waals surface area contributed by atoms with Crippen LogP contribution in [0.3, 0.4) is 0 Å². The number of anilines is 3. The van der Waals surface area contributed by atoms with Crippen molar-refractivity contribution in [1.82, 2.24) is 45.0 Å². The predicted octanol–water partition coefficient (Wildman–Crippen LogP) is 6.21. The molecule has 4 saturated heterocycles. The number of benzene rings is 2. The number of pyridine rings is 1. The normalized spacial score (nSPS) is 23.5. The fourth-order valence-corrected chi connectivity index (χ4v) is 12.0. The first-order valence-electron chi connectivity index (χ1n) is 27.3. The highest BCUT2D eigenvalue weighted by Gasteiger charge is 2.45. The number of hydrogen-bond acceptors (Lipinski definition) is 17. The molecule has 5 fully saturated rings. The number of nitrogens with two attached hydrogens (primary N) is 1. The molecule has 6 aromatic rings. The lowest BCUT2D eigenvalue weighted by atomic mass is 9.91. The number of phenolic OH excluding ortho intramolecular Hbond substituents is 1. The van der Waals surface area contributed by atoms with E-state index in [1.165, 1.54) is 4.90 Å². The van der Waals surface area contributed by atoms with Gasteiger partial charge in [0.05, 0.1) is 35.7 Å². The zero-order valence-corrected chi connectivity index (χ0v) is 44.2. The molecule has 1 saturated carbocycles. The number of piperazine rings is 1. The Morgan fingerprint density at radius 2 is 1.61 bits per heavy atom. The molecule has 4 aliphatic heterocycles. The molecule has 2 amide bonds. The molecule has 20 heteroatoms. The summed E-state index contributed by atoms with van der Waals surface area (Å²) in [4.78, 5) is 45.5. The number of aromatic nitrogens is 6. The van der Waals surface area contributed by atoms with Gasteiger partial charge in [-0.2, -0.15) is 0 Å². The summed E-state index contributed by atoms with van der Waals surface area (Å²) in [6, 6.07) is 22.2. The largest absolute Gasteiger partial charge is 0.507 e. The van der Waals surface area contributed by atoms with Crippen molar-refractivity contribution in [3.63, 3.8) is 0 Å². The summed E-state index contributed by atoms with van der Waals surface area (Å²) in [5, 5.41) is 37.0. The van der Waals surface area contributed by atoms with Gasteiger partial charge in [0, 0.05) is 118 Å². The van der Waals surface area contributed by atoms with E-state index < -0.39 is 18.1 Å². The van der Waals surface area contributed by atoms with Crippen LogP contribution in [0.25, 0.3) is 16.9 Å². The number of carbonyl (C=O) groups excluding carboxylic acids is 2. The molecule has 77 heavy (non-hydrogen) atoms. The quantitative estimate of drug-likeness (QED) is 0.0748. The SMILES string of the molecule is Cc1nccn1-c1ccc([C@H](C)NC(=O)[C@@H]2C[C@@H](O)CN2C(=O)[C@@H](c2cc(OCCN3CCC(OC4CC(Oc5cc(N6C7CCC6CN(c6cc(-c8ccccc8O)nnc6N)C7)ccn5)C4)CC3)no2)C(C)C)cc1. The zero-order valence-electron chi connectivity index (χ0n) is 44.2. The number of aromatic hydroxyl groups is 1. The van der Waals surface area contributed by atoms with Gasteiger partial charge in [-0.1, -0.05) is 38.1 Å². The molecule has 8 heterocycles. The van der Waals surface area contributed by atoms with E-state index in [1.54, 1.807) is 24.4 Å². The maximum Gasteiger partial charge on any atom is 0.254 e. The van der Waals surface area contributed by atoms with Crippen molar-refractivity contribution in [2.75, 3.05) is 61.4 Å². The van der Waals surface area contributed by atoms with Gasteiger partial charge in [0.25, 0.3) is 5.88 Å². The second-order valence-corrected chi connectivity index (χ2v) is 21.8. The molecule has 1 aliphatic carbocycles. The monoisotopic (exact) mass is 1050 g/mol.